The first kappa shape index (κ1) is 14.1. The molecule has 110 valence electrons. The van der Waals surface area contributed by atoms with Crippen molar-refractivity contribution in [3.05, 3.63) is 16.9 Å². The summed E-state index contributed by atoms with van der Waals surface area (Å²) in [6.45, 7) is 4.51. The number of hydrogen-bond acceptors (Lipinski definition) is 3. The summed E-state index contributed by atoms with van der Waals surface area (Å²) in [7, 11) is 2.18. The molecule has 0 aromatic carbocycles. The minimum atomic E-state index is 0.191. The lowest BCUT2D eigenvalue weighted by atomic mass is 9.78. The van der Waals surface area contributed by atoms with Gasteiger partial charge in [0.1, 0.15) is 6.54 Å². The van der Waals surface area contributed by atoms with Gasteiger partial charge in [0.25, 0.3) is 0 Å². The van der Waals surface area contributed by atoms with Crippen LogP contribution in [0.25, 0.3) is 0 Å². The van der Waals surface area contributed by atoms with Gasteiger partial charge in [-0.3, -0.25) is 9.48 Å². The predicted molar refractivity (Wildman–Crippen MR) is 80.3 cm³/mol. The van der Waals surface area contributed by atoms with Crippen LogP contribution in [0, 0.1) is 5.41 Å². The van der Waals surface area contributed by atoms with Crippen LogP contribution in [-0.2, 0) is 11.3 Å². The van der Waals surface area contributed by atoms with E-state index in [1.807, 2.05) is 11.1 Å². The zero-order valence-electron chi connectivity index (χ0n) is 11.9. The molecule has 1 amide bonds. The van der Waals surface area contributed by atoms with Crippen LogP contribution in [0.3, 0.4) is 0 Å². The number of aromatic nitrogens is 2. The maximum Gasteiger partial charge on any atom is 0.244 e. The molecule has 3 heterocycles. The van der Waals surface area contributed by atoms with Crippen LogP contribution in [0.2, 0.25) is 0 Å². The number of carbonyl (C=O) groups is 1. The monoisotopic (exact) mass is 340 g/mol. The molecule has 0 bridgehead atoms. The molecule has 0 radical (unpaired) electrons. The second-order valence-electron chi connectivity index (χ2n) is 6.22. The van der Waals surface area contributed by atoms with Gasteiger partial charge in [0.05, 0.1) is 10.7 Å². The fourth-order valence-electron chi connectivity index (χ4n) is 3.31. The van der Waals surface area contributed by atoms with Gasteiger partial charge in [0.2, 0.25) is 5.91 Å². The first-order chi connectivity index (χ1) is 9.56. The maximum atomic E-state index is 12.4. The zero-order valence-corrected chi connectivity index (χ0v) is 13.5. The van der Waals surface area contributed by atoms with Gasteiger partial charge in [-0.15, -0.1) is 0 Å². The van der Waals surface area contributed by atoms with E-state index in [0.717, 1.165) is 37.1 Å². The van der Waals surface area contributed by atoms with E-state index in [4.69, 9.17) is 0 Å². The molecule has 0 unspecified atom stereocenters. The Morgan fingerprint density at radius 2 is 2.05 bits per heavy atom. The van der Waals surface area contributed by atoms with Crippen LogP contribution >= 0.6 is 15.9 Å². The number of likely N-dealkylation sites (tertiary alicyclic amines) is 2. The molecule has 2 saturated heterocycles. The highest BCUT2D eigenvalue weighted by Gasteiger charge is 2.41. The van der Waals surface area contributed by atoms with Crippen LogP contribution in [0.5, 0.6) is 0 Å². The van der Waals surface area contributed by atoms with E-state index in [2.05, 4.69) is 33.0 Å². The molecule has 2 fully saturated rings. The number of nitrogens with zero attached hydrogens (tertiary/aromatic N) is 4. The molecular weight excluding hydrogens is 320 g/mol. The average Bonchev–Trinajstić information content (AvgIpc) is 3.01. The fraction of sp³-hybridized carbons (Fsp3) is 0.714. The molecule has 2 aliphatic rings. The van der Waals surface area contributed by atoms with Gasteiger partial charge < -0.3 is 9.80 Å². The Balaban J connectivity index is 1.58. The van der Waals surface area contributed by atoms with Crippen molar-refractivity contribution in [1.82, 2.24) is 19.6 Å². The molecule has 0 atom stereocenters. The lowest BCUT2D eigenvalue weighted by Crippen LogP contribution is -2.41. The first-order valence-electron chi connectivity index (χ1n) is 7.21. The highest BCUT2D eigenvalue weighted by Crippen LogP contribution is 2.40. The van der Waals surface area contributed by atoms with Gasteiger partial charge in [-0.2, -0.15) is 5.10 Å². The Hall–Kier alpha value is -0.880. The summed E-state index contributed by atoms with van der Waals surface area (Å²) >= 11 is 3.36. The number of rotatable bonds is 2. The van der Waals surface area contributed by atoms with E-state index in [1.165, 1.54) is 12.8 Å². The summed E-state index contributed by atoms with van der Waals surface area (Å²) in [5.41, 5.74) is 0.382. The summed E-state index contributed by atoms with van der Waals surface area (Å²) in [5.74, 6) is 0.191. The number of amides is 1. The van der Waals surface area contributed by atoms with Gasteiger partial charge in [-0.25, -0.2) is 0 Å². The Kier molecular flexibility index (Phi) is 3.86. The molecule has 3 rings (SSSR count). The van der Waals surface area contributed by atoms with Gasteiger partial charge in [-0.05, 0) is 60.7 Å². The van der Waals surface area contributed by atoms with Crippen molar-refractivity contribution in [2.45, 2.75) is 25.8 Å². The molecule has 1 spiro atoms. The maximum absolute atomic E-state index is 12.4. The Labute approximate surface area is 128 Å². The fourth-order valence-corrected chi connectivity index (χ4v) is 3.64. The van der Waals surface area contributed by atoms with Crippen molar-refractivity contribution < 1.29 is 4.79 Å². The van der Waals surface area contributed by atoms with Gasteiger partial charge in [0, 0.05) is 19.3 Å². The molecule has 6 heteroatoms. The predicted octanol–water partition coefficient (Wildman–Crippen LogP) is 1.59. The SMILES string of the molecule is CN1CCC2(CC1)CCN(C(=O)Cn1cc(Br)cn1)C2. The third-order valence-corrected chi connectivity index (χ3v) is 5.15. The van der Waals surface area contributed by atoms with E-state index in [9.17, 15) is 4.79 Å². The number of hydrogen-bond donors (Lipinski definition) is 0. The van der Waals surface area contributed by atoms with Crippen LogP contribution in [0.1, 0.15) is 19.3 Å². The molecule has 1 aromatic rings. The van der Waals surface area contributed by atoms with Gasteiger partial charge in [-0.1, -0.05) is 0 Å². The zero-order chi connectivity index (χ0) is 14.2. The van der Waals surface area contributed by atoms with Crippen molar-refractivity contribution in [2.75, 3.05) is 33.2 Å². The summed E-state index contributed by atoms with van der Waals surface area (Å²) in [6, 6.07) is 0. The molecule has 0 N–H and O–H groups in total. The lowest BCUT2D eigenvalue weighted by Gasteiger charge is -2.37. The minimum absolute atomic E-state index is 0.191. The normalized spacial score (nSPS) is 22.6. The number of carbonyl (C=O) groups excluding carboxylic acids is 1. The van der Waals surface area contributed by atoms with Crippen molar-refractivity contribution >= 4 is 21.8 Å². The van der Waals surface area contributed by atoms with E-state index in [-0.39, 0.29) is 5.91 Å². The number of piperidine rings is 1. The molecule has 1 aromatic heterocycles. The molecular formula is C14H21BrN4O. The summed E-state index contributed by atoms with van der Waals surface area (Å²) < 4.78 is 2.62. The molecule has 0 aliphatic carbocycles. The highest BCUT2D eigenvalue weighted by molar-refractivity contribution is 9.10. The third kappa shape index (κ3) is 2.91. The molecule has 0 saturated carbocycles. The Morgan fingerprint density at radius 3 is 2.70 bits per heavy atom. The standard InChI is InChI=1S/C14H21BrN4O/c1-17-5-2-14(3-6-17)4-7-18(11-14)13(20)10-19-9-12(15)8-16-19/h8-9H,2-7,10-11H2,1H3. The first-order valence-corrected chi connectivity index (χ1v) is 8.00. The van der Waals surface area contributed by atoms with E-state index < -0.39 is 0 Å². The van der Waals surface area contributed by atoms with E-state index >= 15 is 0 Å². The Morgan fingerprint density at radius 1 is 1.35 bits per heavy atom. The topological polar surface area (TPSA) is 41.4 Å². The quantitative estimate of drug-likeness (QED) is 0.820. The van der Waals surface area contributed by atoms with Crippen molar-refractivity contribution in [2.24, 2.45) is 5.41 Å². The van der Waals surface area contributed by atoms with Crippen LogP contribution in [0.4, 0.5) is 0 Å². The molecule has 20 heavy (non-hydrogen) atoms. The van der Waals surface area contributed by atoms with Gasteiger partial charge >= 0.3 is 0 Å². The van der Waals surface area contributed by atoms with Crippen molar-refractivity contribution in [1.29, 1.82) is 0 Å². The second kappa shape index (κ2) is 5.48. The third-order valence-electron chi connectivity index (χ3n) is 4.74. The van der Waals surface area contributed by atoms with Crippen molar-refractivity contribution in [3.63, 3.8) is 0 Å². The second-order valence-corrected chi connectivity index (χ2v) is 7.14. The Bertz CT molecular complexity index is 493. The smallest absolute Gasteiger partial charge is 0.244 e. The number of halogens is 1. The molecule has 5 nitrogen and oxygen atoms in total. The van der Waals surface area contributed by atoms with Crippen LogP contribution < -0.4 is 0 Å². The summed E-state index contributed by atoms with van der Waals surface area (Å²) in [6.07, 6.45) is 7.17. The van der Waals surface area contributed by atoms with E-state index in [0.29, 0.717) is 12.0 Å². The highest BCUT2D eigenvalue weighted by atomic mass is 79.9. The summed E-state index contributed by atoms with van der Waals surface area (Å²) in [5, 5.41) is 4.16. The van der Waals surface area contributed by atoms with E-state index in [1.54, 1.807) is 10.9 Å². The summed E-state index contributed by atoms with van der Waals surface area (Å²) in [4.78, 5) is 16.8. The largest absolute Gasteiger partial charge is 0.341 e. The lowest BCUT2D eigenvalue weighted by molar-refractivity contribution is -0.131. The van der Waals surface area contributed by atoms with Crippen LogP contribution in [-0.4, -0.2) is 58.7 Å². The van der Waals surface area contributed by atoms with Crippen molar-refractivity contribution in [3.8, 4) is 0 Å². The minimum Gasteiger partial charge on any atom is -0.341 e. The van der Waals surface area contributed by atoms with Crippen LogP contribution in [0.15, 0.2) is 16.9 Å². The molecule has 2 aliphatic heterocycles. The average molecular weight is 341 g/mol. The van der Waals surface area contributed by atoms with Gasteiger partial charge in [0.15, 0.2) is 0 Å².